The van der Waals surface area contributed by atoms with Crippen molar-refractivity contribution in [3.05, 3.63) is 51.9 Å². The fourth-order valence-corrected chi connectivity index (χ4v) is 5.55. The molecule has 0 aliphatic heterocycles. The highest BCUT2D eigenvalue weighted by atomic mass is 79.9. The van der Waals surface area contributed by atoms with Gasteiger partial charge < -0.3 is 10.1 Å². The number of thiophene rings is 1. The first-order chi connectivity index (χ1) is 11.3. The molecule has 24 heavy (non-hydrogen) atoms. The second-order valence-electron chi connectivity index (χ2n) is 5.16. The zero-order valence-electron chi connectivity index (χ0n) is 12.2. The van der Waals surface area contributed by atoms with Crippen LogP contribution in [-0.2, 0) is 21.2 Å². The van der Waals surface area contributed by atoms with Crippen LogP contribution in [0.3, 0.4) is 0 Å². The fourth-order valence-electron chi connectivity index (χ4n) is 2.33. The number of carboxylic acid groups (broad SMARTS) is 1. The topological polar surface area (TPSA) is 99.3 Å². The maximum absolute atomic E-state index is 12.3. The lowest BCUT2D eigenvalue weighted by Gasteiger charge is -2.13. The highest BCUT2D eigenvalue weighted by Crippen LogP contribution is 2.26. The van der Waals surface area contributed by atoms with E-state index in [4.69, 9.17) is 0 Å². The van der Waals surface area contributed by atoms with Gasteiger partial charge in [-0.2, -0.15) is 4.72 Å². The van der Waals surface area contributed by atoms with Gasteiger partial charge in [0.05, 0.1) is 3.79 Å². The zero-order chi connectivity index (χ0) is 17.3. The van der Waals surface area contributed by atoms with Crippen molar-refractivity contribution in [2.24, 2.45) is 0 Å². The Morgan fingerprint density at radius 1 is 1.29 bits per heavy atom. The summed E-state index contributed by atoms with van der Waals surface area (Å²) in [5.74, 6) is -1.23. The van der Waals surface area contributed by atoms with E-state index in [-0.39, 0.29) is 10.6 Å². The molecule has 9 heteroatoms. The van der Waals surface area contributed by atoms with E-state index in [1.165, 1.54) is 6.07 Å². The van der Waals surface area contributed by atoms with Gasteiger partial charge in [0.2, 0.25) is 0 Å². The lowest BCUT2D eigenvalue weighted by atomic mass is 10.1. The van der Waals surface area contributed by atoms with Crippen LogP contribution < -0.4 is 4.72 Å². The van der Waals surface area contributed by atoms with E-state index in [1.54, 1.807) is 6.07 Å². The Labute approximate surface area is 150 Å². The molecule has 1 atom stereocenters. The predicted molar refractivity (Wildman–Crippen MR) is 95.8 cm³/mol. The van der Waals surface area contributed by atoms with E-state index >= 15 is 0 Å². The van der Waals surface area contributed by atoms with Crippen molar-refractivity contribution in [1.82, 2.24) is 9.71 Å². The normalized spacial score (nSPS) is 13.2. The van der Waals surface area contributed by atoms with Crippen molar-refractivity contribution in [2.75, 3.05) is 0 Å². The van der Waals surface area contributed by atoms with Crippen molar-refractivity contribution >= 4 is 54.2 Å². The minimum Gasteiger partial charge on any atom is -0.480 e. The molecule has 3 aromatic rings. The minimum atomic E-state index is -3.89. The van der Waals surface area contributed by atoms with Gasteiger partial charge in [0, 0.05) is 17.6 Å². The summed E-state index contributed by atoms with van der Waals surface area (Å²) in [5.41, 5.74) is 1.53. The van der Waals surface area contributed by atoms with Gasteiger partial charge in [-0.1, -0.05) is 18.2 Å². The molecule has 0 bridgehead atoms. The number of carbonyl (C=O) groups is 1. The van der Waals surface area contributed by atoms with Crippen LogP contribution in [0.15, 0.2) is 50.5 Å². The monoisotopic (exact) mass is 428 g/mol. The Morgan fingerprint density at radius 2 is 2.04 bits per heavy atom. The second-order valence-corrected chi connectivity index (χ2v) is 9.56. The van der Waals surface area contributed by atoms with Crippen molar-refractivity contribution in [1.29, 1.82) is 0 Å². The summed E-state index contributed by atoms with van der Waals surface area (Å²) in [6, 6.07) is 11.1. The number of rotatable bonds is 6. The Morgan fingerprint density at radius 3 is 2.67 bits per heavy atom. The number of nitrogens with one attached hydrogen (secondary N) is 2. The summed E-state index contributed by atoms with van der Waals surface area (Å²) in [7, 11) is -3.89. The van der Waals surface area contributed by atoms with Crippen LogP contribution in [0.5, 0.6) is 0 Å². The third kappa shape index (κ3) is 3.69. The molecule has 6 nitrogen and oxygen atoms in total. The van der Waals surface area contributed by atoms with E-state index < -0.39 is 22.0 Å². The Kier molecular flexibility index (Phi) is 4.77. The smallest absolute Gasteiger partial charge is 0.322 e. The molecule has 0 aliphatic rings. The number of sulfonamides is 1. The molecular formula is C15H13BrN2O4S2. The number of aromatic nitrogens is 1. The summed E-state index contributed by atoms with van der Waals surface area (Å²) >= 11 is 4.22. The van der Waals surface area contributed by atoms with Crippen LogP contribution in [0.2, 0.25) is 0 Å². The molecule has 0 saturated carbocycles. The molecule has 126 valence electrons. The van der Waals surface area contributed by atoms with Gasteiger partial charge in [-0.15, -0.1) is 11.3 Å². The van der Waals surface area contributed by atoms with Gasteiger partial charge in [-0.3, -0.25) is 4.79 Å². The molecule has 0 spiro atoms. The minimum absolute atomic E-state index is 0.0236. The molecule has 0 unspecified atom stereocenters. The van der Waals surface area contributed by atoms with Crippen LogP contribution in [0, 0.1) is 0 Å². The maximum atomic E-state index is 12.3. The third-order valence-corrected chi connectivity index (χ3v) is 7.01. The first-order valence-electron chi connectivity index (χ1n) is 6.92. The molecule has 0 aliphatic carbocycles. The molecule has 0 fully saturated rings. The predicted octanol–water partition coefficient (Wildman–Crippen LogP) is 2.97. The lowest BCUT2D eigenvalue weighted by molar-refractivity contribution is -0.138. The summed E-state index contributed by atoms with van der Waals surface area (Å²) in [6.07, 6.45) is 0.0236. The first kappa shape index (κ1) is 17.2. The number of hydrogen-bond donors (Lipinski definition) is 3. The Hall–Kier alpha value is -1.68. The maximum Gasteiger partial charge on any atom is 0.322 e. The molecule has 1 aromatic carbocycles. The number of halogens is 1. The second kappa shape index (κ2) is 6.67. The number of fused-ring (bicyclic) bond motifs is 1. The quantitative estimate of drug-likeness (QED) is 0.561. The van der Waals surface area contributed by atoms with Gasteiger partial charge in [0.1, 0.15) is 10.3 Å². The largest absolute Gasteiger partial charge is 0.480 e. The van der Waals surface area contributed by atoms with E-state index in [1.807, 2.05) is 30.3 Å². The third-order valence-electron chi connectivity index (χ3n) is 3.42. The first-order valence-corrected chi connectivity index (χ1v) is 10.0. The summed E-state index contributed by atoms with van der Waals surface area (Å²) in [4.78, 5) is 14.6. The molecule has 0 amide bonds. The van der Waals surface area contributed by atoms with Gasteiger partial charge in [-0.05, 0) is 45.6 Å². The van der Waals surface area contributed by atoms with Crippen LogP contribution >= 0.6 is 27.3 Å². The SMILES string of the molecule is O=C(O)[C@@H](Cc1cc2ccccc2[nH]1)NS(=O)(=O)c1ccc(Br)s1. The lowest BCUT2D eigenvalue weighted by Crippen LogP contribution is -2.42. The van der Waals surface area contributed by atoms with Gasteiger partial charge in [0.15, 0.2) is 0 Å². The average Bonchev–Trinajstić information content (AvgIpc) is 3.12. The van der Waals surface area contributed by atoms with Crippen LogP contribution in [0.4, 0.5) is 0 Å². The Balaban J connectivity index is 1.83. The number of benzene rings is 1. The van der Waals surface area contributed by atoms with Crippen molar-refractivity contribution in [2.45, 2.75) is 16.7 Å². The van der Waals surface area contributed by atoms with Gasteiger partial charge in [0.25, 0.3) is 10.0 Å². The van der Waals surface area contributed by atoms with Crippen LogP contribution in [0.1, 0.15) is 5.69 Å². The molecule has 2 heterocycles. The van der Waals surface area contributed by atoms with Crippen molar-refractivity contribution in [3.63, 3.8) is 0 Å². The van der Waals surface area contributed by atoms with E-state index in [0.717, 1.165) is 22.2 Å². The molecular weight excluding hydrogens is 416 g/mol. The van der Waals surface area contributed by atoms with Gasteiger partial charge >= 0.3 is 5.97 Å². The fraction of sp³-hybridized carbons (Fsp3) is 0.133. The average molecular weight is 429 g/mol. The highest BCUT2D eigenvalue weighted by molar-refractivity contribution is 9.11. The standard InChI is InChI=1S/C15H13BrN2O4S2/c16-13-5-6-14(23-13)24(21,22)18-12(15(19)20)8-10-7-9-3-1-2-4-11(9)17-10/h1-7,12,17-18H,8H2,(H,19,20)/t12-/m1/s1. The summed E-state index contributed by atoms with van der Waals surface area (Å²) < 4.78 is 27.6. The van der Waals surface area contributed by atoms with Crippen LogP contribution in [-0.4, -0.2) is 30.5 Å². The summed E-state index contributed by atoms with van der Waals surface area (Å²) in [5, 5.41) is 10.3. The van der Waals surface area contributed by atoms with Crippen molar-refractivity contribution < 1.29 is 18.3 Å². The molecule has 0 radical (unpaired) electrons. The number of aromatic amines is 1. The Bertz CT molecular complexity index is 961. The van der Waals surface area contributed by atoms with Crippen LogP contribution in [0.25, 0.3) is 10.9 Å². The number of aliphatic carboxylic acids is 1. The number of hydrogen-bond acceptors (Lipinski definition) is 4. The van der Waals surface area contributed by atoms with E-state index in [9.17, 15) is 18.3 Å². The zero-order valence-corrected chi connectivity index (χ0v) is 15.4. The van der Waals surface area contributed by atoms with E-state index in [0.29, 0.717) is 9.48 Å². The highest BCUT2D eigenvalue weighted by Gasteiger charge is 2.27. The van der Waals surface area contributed by atoms with Gasteiger partial charge in [-0.25, -0.2) is 8.42 Å². The molecule has 3 rings (SSSR count). The molecule has 3 N–H and O–H groups in total. The number of para-hydroxylation sites is 1. The summed E-state index contributed by atoms with van der Waals surface area (Å²) in [6.45, 7) is 0. The number of H-pyrrole nitrogens is 1. The van der Waals surface area contributed by atoms with E-state index in [2.05, 4.69) is 25.6 Å². The number of carboxylic acids is 1. The van der Waals surface area contributed by atoms with Crippen molar-refractivity contribution in [3.8, 4) is 0 Å². The molecule has 0 saturated heterocycles. The molecule has 2 aromatic heterocycles.